The van der Waals surface area contributed by atoms with Gasteiger partial charge in [-0.2, -0.15) is 0 Å². The largest absolute Gasteiger partial charge is 0.451 e. The molecule has 1 aliphatic heterocycles. The summed E-state index contributed by atoms with van der Waals surface area (Å²) in [5, 5.41) is 4.38. The Hall–Kier alpha value is -3.23. The van der Waals surface area contributed by atoms with Crippen molar-refractivity contribution in [3.8, 4) is 0 Å². The molecule has 0 saturated carbocycles. The molecule has 5 amide bonds. The van der Waals surface area contributed by atoms with E-state index in [2.05, 4.69) is 5.32 Å². The number of esters is 1. The molecule has 0 fully saturated rings. The molecule has 0 unspecified atom stereocenters. The van der Waals surface area contributed by atoms with Crippen molar-refractivity contribution < 1.29 is 28.7 Å². The molecule has 9 nitrogen and oxygen atoms in total. The average molecular weight is 361 g/mol. The van der Waals surface area contributed by atoms with Gasteiger partial charge in [-0.05, 0) is 32.9 Å². The molecule has 26 heavy (non-hydrogen) atoms. The quantitative estimate of drug-likeness (QED) is 0.580. The molecule has 1 aromatic carbocycles. The van der Waals surface area contributed by atoms with Gasteiger partial charge >= 0.3 is 12.0 Å². The number of nitrogens with one attached hydrogen (secondary N) is 2. The molecule has 0 saturated heterocycles. The van der Waals surface area contributed by atoms with Gasteiger partial charge in [0.05, 0.1) is 11.1 Å². The molecule has 0 spiro atoms. The fourth-order valence-corrected chi connectivity index (χ4v) is 2.41. The van der Waals surface area contributed by atoms with E-state index in [0.717, 1.165) is 4.90 Å². The van der Waals surface area contributed by atoms with Crippen LogP contribution in [0.25, 0.3) is 0 Å². The molecule has 1 heterocycles. The second kappa shape index (κ2) is 7.77. The predicted molar refractivity (Wildman–Crippen MR) is 89.2 cm³/mol. The third-order valence-corrected chi connectivity index (χ3v) is 3.79. The maximum atomic E-state index is 12.4. The number of urea groups is 1. The molecule has 2 N–H and O–H groups in total. The number of fused-ring (bicyclic) bond motifs is 1. The Kier molecular flexibility index (Phi) is 5.71. The van der Waals surface area contributed by atoms with Crippen molar-refractivity contribution in [1.82, 2.24) is 15.5 Å². The molecule has 1 aromatic rings. The van der Waals surface area contributed by atoms with E-state index in [4.69, 9.17) is 4.74 Å². The lowest BCUT2D eigenvalue weighted by Gasteiger charge is -2.22. The Balaban J connectivity index is 2.02. The number of ether oxygens (including phenoxy) is 1. The summed E-state index contributed by atoms with van der Waals surface area (Å²) in [6, 6.07) is 4.29. The van der Waals surface area contributed by atoms with Gasteiger partial charge in [-0.25, -0.2) is 9.59 Å². The maximum Gasteiger partial charge on any atom is 0.329 e. The average Bonchev–Trinajstić information content (AvgIpc) is 2.85. The summed E-state index contributed by atoms with van der Waals surface area (Å²) in [5.74, 6) is -2.96. The summed E-state index contributed by atoms with van der Waals surface area (Å²) in [7, 11) is 0. The highest BCUT2D eigenvalue weighted by Gasteiger charge is 2.41. The summed E-state index contributed by atoms with van der Waals surface area (Å²) in [5.41, 5.74) is 0.415. The second-order valence-corrected chi connectivity index (χ2v) is 5.63. The predicted octanol–water partition coefficient (Wildman–Crippen LogP) is 0.449. The maximum absolute atomic E-state index is 12.4. The van der Waals surface area contributed by atoms with Gasteiger partial charge in [0.2, 0.25) is 0 Å². The van der Waals surface area contributed by atoms with Crippen LogP contribution in [0.2, 0.25) is 0 Å². The van der Waals surface area contributed by atoms with E-state index in [1.54, 1.807) is 19.1 Å². The van der Waals surface area contributed by atoms with Gasteiger partial charge in [-0.3, -0.25) is 24.6 Å². The number of imide groups is 2. The Morgan fingerprint density at radius 3 is 2.12 bits per heavy atom. The number of nitrogens with zero attached hydrogens (tertiary/aromatic N) is 1. The summed E-state index contributed by atoms with van der Waals surface area (Å²) in [4.78, 5) is 60.9. The zero-order chi connectivity index (χ0) is 19.4. The van der Waals surface area contributed by atoms with Crippen LogP contribution < -0.4 is 10.6 Å². The third-order valence-electron chi connectivity index (χ3n) is 3.79. The SMILES string of the molecule is CCNC(=O)NC(=O)[C@@H](C)OC(=O)[C@@H](C)N1C(=O)c2ccccc2C1=O. The van der Waals surface area contributed by atoms with Crippen molar-refractivity contribution in [1.29, 1.82) is 0 Å². The number of carbonyl (C=O) groups excluding carboxylic acids is 5. The minimum Gasteiger partial charge on any atom is -0.451 e. The molecule has 2 atom stereocenters. The highest BCUT2D eigenvalue weighted by Crippen LogP contribution is 2.24. The Labute approximate surface area is 149 Å². The zero-order valence-electron chi connectivity index (χ0n) is 14.6. The van der Waals surface area contributed by atoms with Crippen LogP contribution in [0, 0.1) is 0 Å². The van der Waals surface area contributed by atoms with Crippen LogP contribution >= 0.6 is 0 Å². The van der Waals surface area contributed by atoms with Crippen LogP contribution in [-0.4, -0.2) is 53.3 Å². The molecule has 0 radical (unpaired) electrons. The number of amides is 5. The molecule has 1 aliphatic rings. The molecule has 0 aliphatic carbocycles. The van der Waals surface area contributed by atoms with Crippen LogP contribution in [-0.2, 0) is 14.3 Å². The number of rotatable bonds is 5. The standard InChI is InChI=1S/C17H19N3O6/c1-4-18-17(25)19-13(21)10(3)26-16(24)9(2)20-14(22)11-7-5-6-8-12(11)15(20)23/h5-10H,4H2,1-3H3,(H2,18,19,21,25)/t9-,10-/m1/s1. The van der Waals surface area contributed by atoms with Crippen molar-refractivity contribution in [3.63, 3.8) is 0 Å². The van der Waals surface area contributed by atoms with E-state index >= 15 is 0 Å². The van der Waals surface area contributed by atoms with E-state index in [9.17, 15) is 24.0 Å². The van der Waals surface area contributed by atoms with Crippen molar-refractivity contribution in [2.75, 3.05) is 6.54 Å². The van der Waals surface area contributed by atoms with Crippen molar-refractivity contribution in [3.05, 3.63) is 35.4 Å². The summed E-state index contributed by atoms with van der Waals surface area (Å²) in [6.45, 7) is 4.61. The van der Waals surface area contributed by atoms with Crippen LogP contribution in [0.5, 0.6) is 0 Å². The first-order valence-corrected chi connectivity index (χ1v) is 8.04. The third kappa shape index (κ3) is 3.71. The highest BCUT2D eigenvalue weighted by molar-refractivity contribution is 6.22. The smallest absolute Gasteiger partial charge is 0.329 e. The normalized spacial score (nSPS) is 15.1. The number of benzene rings is 1. The molecular weight excluding hydrogens is 342 g/mol. The molecule has 0 bridgehead atoms. The number of hydrogen-bond donors (Lipinski definition) is 2. The minimum atomic E-state index is -1.28. The van der Waals surface area contributed by atoms with E-state index in [1.807, 2.05) is 5.32 Å². The first-order chi connectivity index (χ1) is 12.3. The van der Waals surface area contributed by atoms with Crippen LogP contribution in [0.3, 0.4) is 0 Å². The van der Waals surface area contributed by atoms with Crippen LogP contribution in [0.15, 0.2) is 24.3 Å². The first-order valence-electron chi connectivity index (χ1n) is 8.04. The Morgan fingerprint density at radius 1 is 1.08 bits per heavy atom. The van der Waals surface area contributed by atoms with Gasteiger partial charge in [-0.15, -0.1) is 0 Å². The van der Waals surface area contributed by atoms with Crippen molar-refractivity contribution in [2.24, 2.45) is 0 Å². The van der Waals surface area contributed by atoms with Gasteiger partial charge < -0.3 is 10.1 Å². The van der Waals surface area contributed by atoms with E-state index in [0.29, 0.717) is 6.54 Å². The number of carbonyl (C=O) groups is 5. The van der Waals surface area contributed by atoms with Gasteiger partial charge in [0.1, 0.15) is 6.04 Å². The van der Waals surface area contributed by atoms with Crippen LogP contribution in [0.1, 0.15) is 41.5 Å². The highest BCUT2D eigenvalue weighted by atomic mass is 16.5. The summed E-state index contributed by atoms with van der Waals surface area (Å²) < 4.78 is 4.98. The fraction of sp³-hybridized carbons (Fsp3) is 0.353. The van der Waals surface area contributed by atoms with Crippen LogP contribution in [0.4, 0.5) is 4.79 Å². The monoisotopic (exact) mass is 361 g/mol. The Morgan fingerprint density at radius 2 is 1.62 bits per heavy atom. The lowest BCUT2D eigenvalue weighted by atomic mass is 10.1. The van der Waals surface area contributed by atoms with Gasteiger partial charge in [-0.1, -0.05) is 12.1 Å². The van der Waals surface area contributed by atoms with Gasteiger partial charge in [0.15, 0.2) is 6.10 Å². The molecule has 2 rings (SSSR count). The minimum absolute atomic E-state index is 0.208. The second-order valence-electron chi connectivity index (χ2n) is 5.63. The van der Waals surface area contributed by atoms with Gasteiger partial charge in [0.25, 0.3) is 17.7 Å². The van der Waals surface area contributed by atoms with Crippen molar-refractivity contribution in [2.45, 2.75) is 32.9 Å². The Bertz CT molecular complexity index is 741. The van der Waals surface area contributed by atoms with Crippen molar-refractivity contribution >= 4 is 29.7 Å². The lowest BCUT2D eigenvalue weighted by Crippen LogP contribution is -2.48. The molecule has 138 valence electrons. The summed E-state index contributed by atoms with van der Waals surface area (Å²) in [6.07, 6.45) is -1.28. The molecule has 0 aromatic heterocycles. The van der Waals surface area contributed by atoms with Gasteiger partial charge in [0, 0.05) is 6.54 Å². The van der Waals surface area contributed by atoms with E-state index in [1.165, 1.54) is 26.0 Å². The lowest BCUT2D eigenvalue weighted by molar-refractivity contribution is -0.157. The molecular formula is C17H19N3O6. The zero-order valence-corrected chi connectivity index (χ0v) is 14.6. The van der Waals surface area contributed by atoms with E-state index in [-0.39, 0.29) is 11.1 Å². The fourth-order valence-electron chi connectivity index (χ4n) is 2.41. The molecule has 9 heteroatoms. The van der Waals surface area contributed by atoms with E-state index < -0.39 is 41.9 Å². The summed E-state index contributed by atoms with van der Waals surface area (Å²) >= 11 is 0. The first kappa shape index (κ1) is 19.1. The number of hydrogen-bond acceptors (Lipinski definition) is 6. The topological polar surface area (TPSA) is 122 Å².